The molecule has 2 heterocycles. The van der Waals surface area contributed by atoms with Gasteiger partial charge in [0.15, 0.2) is 0 Å². The molecule has 2 saturated heterocycles. The Morgan fingerprint density at radius 1 is 1.05 bits per heavy atom. The third-order valence-electron chi connectivity index (χ3n) is 5.01. The van der Waals surface area contributed by atoms with Gasteiger partial charge in [0.05, 0.1) is 18.3 Å². The Morgan fingerprint density at radius 2 is 1.64 bits per heavy atom. The summed E-state index contributed by atoms with van der Waals surface area (Å²) in [6, 6.07) is 0.672. The number of likely N-dealkylation sites (tertiary alicyclic amines) is 1. The predicted octanol–water partition coefficient (Wildman–Crippen LogP) is 0.873. The molecule has 22 heavy (non-hydrogen) atoms. The second-order valence-electron chi connectivity index (χ2n) is 7.05. The molecule has 5 nitrogen and oxygen atoms in total. The van der Waals surface area contributed by atoms with E-state index in [4.69, 9.17) is 4.74 Å². The molecule has 0 amide bonds. The summed E-state index contributed by atoms with van der Waals surface area (Å²) in [5.74, 6) is 0. The zero-order valence-corrected chi connectivity index (χ0v) is 14.9. The Bertz CT molecular complexity index is 315. The lowest BCUT2D eigenvalue weighted by Crippen LogP contribution is -2.49. The Kier molecular flexibility index (Phi) is 7.09. The molecule has 0 saturated carbocycles. The van der Waals surface area contributed by atoms with Gasteiger partial charge in [0.1, 0.15) is 0 Å². The smallest absolute Gasteiger partial charge is 0.0793 e. The van der Waals surface area contributed by atoms with E-state index in [9.17, 15) is 5.11 Å². The van der Waals surface area contributed by atoms with Crippen molar-refractivity contribution in [3.63, 3.8) is 0 Å². The Hall–Kier alpha value is -0.200. The van der Waals surface area contributed by atoms with Gasteiger partial charge in [0.2, 0.25) is 0 Å². The van der Waals surface area contributed by atoms with Gasteiger partial charge >= 0.3 is 0 Å². The van der Waals surface area contributed by atoms with Crippen molar-refractivity contribution in [1.82, 2.24) is 14.7 Å². The van der Waals surface area contributed by atoms with Crippen molar-refractivity contribution in [3.8, 4) is 0 Å². The van der Waals surface area contributed by atoms with E-state index in [0.29, 0.717) is 6.04 Å². The van der Waals surface area contributed by atoms with Gasteiger partial charge in [0, 0.05) is 38.8 Å². The van der Waals surface area contributed by atoms with Crippen LogP contribution in [0.1, 0.15) is 34.1 Å². The predicted molar refractivity (Wildman–Crippen MR) is 90.2 cm³/mol. The molecule has 2 aliphatic rings. The molecule has 0 aromatic heterocycles. The molecule has 0 aliphatic carbocycles. The summed E-state index contributed by atoms with van der Waals surface area (Å²) in [4.78, 5) is 7.32. The fourth-order valence-electron chi connectivity index (χ4n) is 4.10. The van der Waals surface area contributed by atoms with Crippen LogP contribution < -0.4 is 0 Å². The van der Waals surface area contributed by atoms with Crippen LogP contribution in [0.5, 0.6) is 0 Å². The van der Waals surface area contributed by atoms with Crippen molar-refractivity contribution in [2.45, 2.75) is 58.5 Å². The average Bonchev–Trinajstić information content (AvgIpc) is 2.87. The fraction of sp³-hybridized carbons (Fsp3) is 1.00. The van der Waals surface area contributed by atoms with Crippen molar-refractivity contribution in [2.24, 2.45) is 0 Å². The van der Waals surface area contributed by atoms with Crippen LogP contribution in [0.25, 0.3) is 0 Å². The number of β-amino-alcohol motifs (C(OH)–C–C–N with tert-alkyl or cyclic N) is 1. The third kappa shape index (κ3) is 5.17. The number of morpholine rings is 1. The van der Waals surface area contributed by atoms with Crippen molar-refractivity contribution in [2.75, 3.05) is 52.4 Å². The number of hydrogen-bond acceptors (Lipinski definition) is 5. The number of aliphatic hydroxyl groups is 1. The maximum Gasteiger partial charge on any atom is 0.0793 e. The molecule has 5 heteroatoms. The number of nitrogens with zero attached hydrogens (tertiary/aromatic N) is 3. The van der Waals surface area contributed by atoms with Crippen molar-refractivity contribution < 1.29 is 9.84 Å². The molecule has 130 valence electrons. The molecular formula is C17H35N3O2. The van der Waals surface area contributed by atoms with Crippen LogP contribution in [-0.2, 0) is 4.74 Å². The molecule has 2 aliphatic heterocycles. The summed E-state index contributed by atoms with van der Waals surface area (Å²) in [7, 11) is 0. The molecule has 4 unspecified atom stereocenters. The minimum Gasteiger partial charge on any atom is -0.390 e. The molecule has 0 bridgehead atoms. The maximum absolute atomic E-state index is 10.4. The second-order valence-corrected chi connectivity index (χ2v) is 7.05. The minimum absolute atomic E-state index is 0.257. The first kappa shape index (κ1) is 18.1. The Labute approximate surface area is 136 Å². The molecule has 0 radical (unpaired) electrons. The number of likely N-dealkylation sites (N-methyl/N-ethyl adjacent to an activating group) is 1. The SMILES string of the molecule is CCN(CC)C1CCN(CC(O)CN2CC(C)OC(C)C2)C1. The summed E-state index contributed by atoms with van der Waals surface area (Å²) in [6.07, 6.45) is 1.53. The van der Waals surface area contributed by atoms with Gasteiger partial charge in [0.25, 0.3) is 0 Å². The summed E-state index contributed by atoms with van der Waals surface area (Å²) in [6.45, 7) is 16.6. The molecule has 2 rings (SSSR count). The maximum atomic E-state index is 10.4. The number of aliphatic hydroxyl groups excluding tert-OH is 1. The van der Waals surface area contributed by atoms with Crippen LogP contribution in [0.3, 0.4) is 0 Å². The molecule has 0 spiro atoms. The minimum atomic E-state index is -0.257. The summed E-state index contributed by atoms with van der Waals surface area (Å²) in [5.41, 5.74) is 0. The molecule has 2 fully saturated rings. The highest BCUT2D eigenvalue weighted by molar-refractivity contribution is 4.85. The summed E-state index contributed by atoms with van der Waals surface area (Å²) < 4.78 is 5.76. The van der Waals surface area contributed by atoms with E-state index in [1.807, 2.05) is 0 Å². The lowest BCUT2D eigenvalue weighted by Gasteiger charge is -2.36. The van der Waals surface area contributed by atoms with Crippen LogP contribution in [0.2, 0.25) is 0 Å². The monoisotopic (exact) mass is 313 g/mol. The highest BCUT2D eigenvalue weighted by Gasteiger charge is 2.29. The molecule has 1 N–H and O–H groups in total. The van der Waals surface area contributed by atoms with E-state index in [2.05, 4.69) is 42.4 Å². The van der Waals surface area contributed by atoms with E-state index in [1.165, 1.54) is 6.42 Å². The summed E-state index contributed by atoms with van der Waals surface area (Å²) >= 11 is 0. The van der Waals surface area contributed by atoms with E-state index >= 15 is 0 Å². The topological polar surface area (TPSA) is 39.2 Å². The lowest BCUT2D eigenvalue weighted by molar-refractivity contribution is -0.0777. The van der Waals surface area contributed by atoms with Gasteiger partial charge < -0.3 is 9.84 Å². The van der Waals surface area contributed by atoms with E-state index < -0.39 is 0 Å². The van der Waals surface area contributed by atoms with Crippen LogP contribution in [0, 0.1) is 0 Å². The van der Waals surface area contributed by atoms with Crippen LogP contribution in [-0.4, -0.2) is 96.5 Å². The van der Waals surface area contributed by atoms with E-state index in [0.717, 1.165) is 52.4 Å². The normalized spacial score (nSPS) is 32.7. The largest absolute Gasteiger partial charge is 0.390 e. The van der Waals surface area contributed by atoms with Gasteiger partial charge in [-0.2, -0.15) is 0 Å². The van der Waals surface area contributed by atoms with Crippen molar-refractivity contribution in [3.05, 3.63) is 0 Å². The Morgan fingerprint density at radius 3 is 2.23 bits per heavy atom. The first-order chi connectivity index (χ1) is 10.5. The van der Waals surface area contributed by atoms with Gasteiger partial charge in [-0.1, -0.05) is 13.8 Å². The van der Waals surface area contributed by atoms with Crippen molar-refractivity contribution in [1.29, 1.82) is 0 Å². The number of hydrogen-bond donors (Lipinski definition) is 1. The van der Waals surface area contributed by atoms with Crippen LogP contribution in [0.4, 0.5) is 0 Å². The fourth-order valence-corrected chi connectivity index (χ4v) is 4.10. The van der Waals surface area contributed by atoms with E-state index in [1.54, 1.807) is 0 Å². The van der Waals surface area contributed by atoms with Crippen molar-refractivity contribution >= 4 is 0 Å². The van der Waals surface area contributed by atoms with Crippen LogP contribution >= 0.6 is 0 Å². The first-order valence-electron chi connectivity index (χ1n) is 9.04. The molecule has 0 aromatic rings. The summed E-state index contributed by atoms with van der Waals surface area (Å²) in [5, 5.41) is 10.4. The Balaban J connectivity index is 1.72. The molecular weight excluding hydrogens is 278 g/mol. The quantitative estimate of drug-likeness (QED) is 0.755. The number of ether oxygens (including phenoxy) is 1. The average molecular weight is 313 g/mol. The van der Waals surface area contributed by atoms with E-state index in [-0.39, 0.29) is 18.3 Å². The van der Waals surface area contributed by atoms with Gasteiger partial charge in [-0.25, -0.2) is 0 Å². The van der Waals surface area contributed by atoms with Gasteiger partial charge in [-0.3, -0.25) is 14.7 Å². The zero-order valence-electron chi connectivity index (χ0n) is 14.9. The second kappa shape index (κ2) is 8.60. The number of rotatable bonds is 7. The highest BCUT2D eigenvalue weighted by atomic mass is 16.5. The highest BCUT2D eigenvalue weighted by Crippen LogP contribution is 2.16. The lowest BCUT2D eigenvalue weighted by atomic mass is 10.2. The zero-order chi connectivity index (χ0) is 16.1. The van der Waals surface area contributed by atoms with Gasteiger partial charge in [-0.05, 0) is 39.9 Å². The third-order valence-corrected chi connectivity index (χ3v) is 5.01. The molecule has 0 aromatic carbocycles. The standard InChI is InChI=1S/C17H35N3O2/c1-5-20(6-2)16-7-8-18(11-16)12-17(21)13-19-9-14(3)22-15(4)10-19/h14-17,21H,5-13H2,1-4H3. The molecule has 4 atom stereocenters. The first-order valence-corrected chi connectivity index (χ1v) is 9.04. The van der Waals surface area contributed by atoms with Gasteiger partial charge in [-0.15, -0.1) is 0 Å². The van der Waals surface area contributed by atoms with Crippen LogP contribution in [0.15, 0.2) is 0 Å².